The molecule has 1 heterocycles. The molecule has 0 bridgehead atoms. The number of carboxylic acids is 1. The lowest BCUT2D eigenvalue weighted by Gasteiger charge is -2.14. The summed E-state index contributed by atoms with van der Waals surface area (Å²) in [7, 11) is 0. The monoisotopic (exact) mass is 267 g/mol. The highest BCUT2D eigenvalue weighted by Crippen LogP contribution is 2.09. The Morgan fingerprint density at radius 3 is 2.56 bits per heavy atom. The van der Waals surface area contributed by atoms with Crippen LogP contribution in [0.3, 0.4) is 0 Å². The molecule has 1 aromatic heterocycles. The lowest BCUT2D eigenvalue weighted by Crippen LogP contribution is -2.35. The summed E-state index contributed by atoms with van der Waals surface area (Å²) in [6.45, 7) is 4.86. The standard InChI is InChI=1S/C13H17NO3S/c1-8(6-11-4-5-18-7-11)14-12(15)9(2)10(3)13(16)17/h4-5,7-8H,6H2,1-3H3,(H,14,15)(H,16,17). The summed E-state index contributed by atoms with van der Waals surface area (Å²) in [6, 6.07) is 1.99. The van der Waals surface area contributed by atoms with Gasteiger partial charge >= 0.3 is 5.97 Å². The predicted molar refractivity (Wildman–Crippen MR) is 71.6 cm³/mol. The number of aliphatic carboxylic acids is 1. The Kier molecular flexibility index (Phi) is 5.09. The minimum atomic E-state index is -1.06. The molecule has 0 saturated heterocycles. The van der Waals surface area contributed by atoms with Crippen LogP contribution in [0.15, 0.2) is 28.0 Å². The van der Waals surface area contributed by atoms with E-state index in [4.69, 9.17) is 5.11 Å². The van der Waals surface area contributed by atoms with Crippen LogP contribution in [0.25, 0.3) is 0 Å². The second-order valence-electron chi connectivity index (χ2n) is 4.27. The lowest BCUT2D eigenvalue weighted by molar-refractivity contribution is -0.133. The molecule has 1 unspecified atom stereocenters. The molecular formula is C13H17NO3S. The van der Waals surface area contributed by atoms with Crippen molar-refractivity contribution < 1.29 is 14.7 Å². The van der Waals surface area contributed by atoms with Crippen LogP contribution in [0, 0.1) is 0 Å². The zero-order chi connectivity index (χ0) is 13.7. The van der Waals surface area contributed by atoms with Crippen molar-refractivity contribution in [3.05, 3.63) is 33.5 Å². The Morgan fingerprint density at radius 2 is 2.06 bits per heavy atom. The molecule has 1 atom stereocenters. The minimum absolute atomic E-state index is 0.0244. The summed E-state index contributed by atoms with van der Waals surface area (Å²) in [4.78, 5) is 22.5. The van der Waals surface area contributed by atoms with E-state index in [2.05, 4.69) is 5.32 Å². The van der Waals surface area contributed by atoms with Gasteiger partial charge in [-0.3, -0.25) is 4.79 Å². The number of carboxylic acid groups (broad SMARTS) is 1. The molecule has 1 rings (SSSR count). The van der Waals surface area contributed by atoms with Crippen molar-refractivity contribution in [2.45, 2.75) is 33.2 Å². The first-order valence-corrected chi connectivity index (χ1v) is 6.58. The normalized spacial score (nSPS) is 13.7. The molecule has 0 fully saturated rings. The van der Waals surface area contributed by atoms with Gasteiger partial charge in [0.2, 0.25) is 5.91 Å². The lowest BCUT2D eigenvalue weighted by atomic mass is 10.1. The molecule has 0 aliphatic carbocycles. The van der Waals surface area contributed by atoms with E-state index >= 15 is 0 Å². The van der Waals surface area contributed by atoms with Crippen molar-refractivity contribution in [2.24, 2.45) is 0 Å². The third kappa shape index (κ3) is 4.00. The second kappa shape index (κ2) is 6.35. The second-order valence-corrected chi connectivity index (χ2v) is 5.05. The van der Waals surface area contributed by atoms with Crippen molar-refractivity contribution in [1.29, 1.82) is 0 Å². The zero-order valence-corrected chi connectivity index (χ0v) is 11.5. The maximum absolute atomic E-state index is 11.8. The van der Waals surface area contributed by atoms with Crippen molar-refractivity contribution in [2.75, 3.05) is 0 Å². The molecule has 0 radical (unpaired) electrons. The molecule has 2 N–H and O–H groups in total. The van der Waals surface area contributed by atoms with Crippen molar-refractivity contribution in [3.8, 4) is 0 Å². The van der Waals surface area contributed by atoms with E-state index in [1.54, 1.807) is 11.3 Å². The Hall–Kier alpha value is -1.62. The SMILES string of the molecule is CC(C(=O)O)=C(C)C(=O)NC(C)Cc1ccsc1. The first-order valence-electron chi connectivity index (χ1n) is 5.64. The summed E-state index contributed by atoms with van der Waals surface area (Å²) >= 11 is 1.62. The molecule has 1 amide bonds. The molecule has 5 heteroatoms. The number of hydrogen-bond donors (Lipinski definition) is 2. The fourth-order valence-corrected chi connectivity index (χ4v) is 2.16. The van der Waals surface area contributed by atoms with Crippen molar-refractivity contribution in [3.63, 3.8) is 0 Å². The average Bonchev–Trinajstić information content (AvgIpc) is 2.79. The van der Waals surface area contributed by atoms with Gasteiger partial charge in [-0.2, -0.15) is 11.3 Å². The minimum Gasteiger partial charge on any atom is -0.478 e. The van der Waals surface area contributed by atoms with E-state index < -0.39 is 5.97 Å². The van der Waals surface area contributed by atoms with Gasteiger partial charge in [0.25, 0.3) is 0 Å². The van der Waals surface area contributed by atoms with Crippen LogP contribution < -0.4 is 5.32 Å². The van der Waals surface area contributed by atoms with Gasteiger partial charge in [-0.05, 0) is 49.6 Å². The number of nitrogens with one attached hydrogen (secondary N) is 1. The summed E-state index contributed by atoms with van der Waals surface area (Å²) in [5, 5.41) is 15.6. The number of amides is 1. The smallest absolute Gasteiger partial charge is 0.331 e. The number of rotatable bonds is 5. The van der Waals surface area contributed by atoms with Gasteiger partial charge in [0.1, 0.15) is 0 Å². The molecule has 98 valence electrons. The van der Waals surface area contributed by atoms with Crippen LogP contribution in [0.5, 0.6) is 0 Å². The molecule has 0 saturated carbocycles. The maximum Gasteiger partial charge on any atom is 0.331 e. The van der Waals surface area contributed by atoms with Gasteiger partial charge in [0.05, 0.1) is 0 Å². The Balaban J connectivity index is 2.59. The van der Waals surface area contributed by atoms with E-state index in [0.717, 1.165) is 6.42 Å². The molecule has 1 aromatic rings. The number of thiophene rings is 1. The first-order chi connectivity index (χ1) is 8.41. The highest BCUT2D eigenvalue weighted by molar-refractivity contribution is 7.07. The third-order valence-electron chi connectivity index (χ3n) is 2.72. The van der Waals surface area contributed by atoms with E-state index in [1.807, 2.05) is 23.8 Å². The van der Waals surface area contributed by atoms with Gasteiger partial charge in [-0.25, -0.2) is 4.79 Å². The van der Waals surface area contributed by atoms with Gasteiger partial charge in [-0.1, -0.05) is 0 Å². The van der Waals surface area contributed by atoms with Crippen molar-refractivity contribution in [1.82, 2.24) is 5.32 Å². The number of carbonyl (C=O) groups excluding carboxylic acids is 1. The maximum atomic E-state index is 11.8. The van der Waals surface area contributed by atoms with Crippen LogP contribution in [-0.4, -0.2) is 23.0 Å². The Labute approximate surface area is 110 Å². The molecule has 4 nitrogen and oxygen atoms in total. The van der Waals surface area contributed by atoms with E-state index in [9.17, 15) is 9.59 Å². The summed E-state index contributed by atoms with van der Waals surface area (Å²) < 4.78 is 0. The number of hydrogen-bond acceptors (Lipinski definition) is 3. The van der Waals surface area contributed by atoms with Gasteiger partial charge < -0.3 is 10.4 Å². The van der Waals surface area contributed by atoms with Crippen LogP contribution in [0.2, 0.25) is 0 Å². The molecule has 0 aromatic carbocycles. The molecule has 0 aliphatic rings. The fraction of sp³-hybridized carbons (Fsp3) is 0.385. The van der Waals surface area contributed by atoms with Gasteiger partial charge in [-0.15, -0.1) is 0 Å². The third-order valence-corrected chi connectivity index (χ3v) is 3.46. The highest BCUT2D eigenvalue weighted by atomic mass is 32.1. The molecule has 0 spiro atoms. The van der Waals surface area contributed by atoms with E-state index in [-0.39, 0.29) is 23.1 Å². The fourth-order valence-electron chi connectivity index (χ4n) is 1.48. The van der Waals surface area contributed by atoms with Crippen LogP contribution >= 0.6 is 11.3 Å². The predicted octanol–water partition coefficient (Wildman–Crippen LogP) is 2.22. The first kappa shape index (κ1) is 14.4. The van der Waals surface area contributed by atoms with Gasteiger partial charge in [0.15, 0.2) is 0 Å². The quantitative estimate of drug-likeness (QED) is 0.804. The Morgan fingerprint density at radius 1 is 1.39 bits per heavy atom. The van der Waals surface area contributed by atoms with Crippen LogP contribution in [0.1, 0.15) is 26.3 Å². The largest absolute Gasteiger partial charge is 0.478 e. The van der Waals surface area contributed by atoms with Crippen molar-refractivity contribution >= 4 is 23.2 Å². The highest BCUT2D eigenvalue weighted by Gasteiger charge is 2.14. The zero-order valence-electron chi connectivity index (χ0n) is 10.7. The summed E-state index contributed by atoms with van der Waals surface area (Å²) in [5.74, 6) is -1.38. The van der Waals surface area contributed by atoms with E-state index in [0.29, 0.717) is 0 Å². The molecule has 0 aliphatic heterocycles. The van der Waals surface area contributed by atoms with Gasteiger partial charge in [0, 0.05) is 17.2 Å². The Bertz CT molecular complexity index is 463. The van der Waals surface area contributed by atoms with Crippen LogP contribution in [0.4, 0.5) is 0 Å². The van der Waals surface area contributed by atoms with Crippen LogP contribution in [-0.2, 0) is 16.0 Å². The average molecular weight is 267 g/mol. The summed E-state index contributed by atoms with van der Waals surface area (Å²) in [5.41, 5.74) is 1.50. The molecular weight excluding hydrogens is 250 g/mol. The topological polar surface area (TPSA) is 66.4 Å². The number of carbonyl (C=O) groups is 2. The van der Waals surface area contributed by atoms with E-state index in [1.165, 1.54) is 19.4 Å². The molecule has 18 heavy (non-hydrogen) atoms. The summed E-state index contributed by atoms with van der Waals surface area (Å²) in [6.07, 6.45) is 0.745.